The van der Waals surface area contributed by atoms with Gasteiger partial charge in [-0.2, -0.15) is 0 Å². The predicted molar refractivity (Wildman–Crippen MR) is 126 cm³/mol. The minimum Gasteiger partial charge on any atom is -0.494 e. The van der Waals surface area contributed by atoms with Crippen LogP contribution in [-0.2, 0) is 4.79 Å². The number of anilines is 3. The lowest BCUT2D eigenvalue weighted by Gasteiger charge is -2.07. The number of carbonyl (C=O) groups excluding carboxylic acids is 1. The van der Waals surface area contributed by atoms with Crippen LogP contribution < -0.4 is 15.4 Å². The number of benzene rings is 2. The Labute approximate surface area is 182 Å². The fourth-order valence-electron chi connectivity index (χ4n) is 3.04. The van der Waals surface area contributed by atoms with E-state index in [1.54, 1.807) is 11.3 Å². The van der Waals surface area contributed by atoms with Crippen molar-refractivity contribution in [2.75, 3.05) is 17.2 Å². The molecule has 2 N–H and O–H groups in total. The summed E-state index contributed by atoms with van der Waals surface area (Å²) >= 11 is 1.56. The highest BCUT2D eigenvalue weighted by Crippen LogP contribution is 2.28. The molecule has 0 radical (unpaired) electrons. The zero-order valence-electron chi connectivity index (χ0n) is 17.6. The molecule has 0 aliphatic rings. The van der Waals surface area contributed by atoms with Crippen molar-refractivity contribution in [2.45, 2.75) is 46.0 Å². The molecule has 2 aromatic carbocycles. The van der Waals surface area contributed by atoms with Crippen LogP contribution in [0, 0.1) is 0 Å². The molecule has 0 bridgehead atoms. The van der Waals surface area contributed by atoms with Gasteiger partial charge >= 0.3 is 0 Å². The van der Waals surface area contributed by atoms with Gasteiger partial charge in [0.15, 0.2) is 5.13 Å². The van der Waals surface area contributed by atoms with Gasteiger partial charge in [-0.3, -0.25) is 4.79 Å². The third kappa shape index (κ3) is 6.88. The number of carbonyl (C=O) groups is 1. The van der Waals surface area contributed by atoms with Gasteiger partial charge in [0.2, 0.25) is 5.91 Å². The van der Waals surface area contributed by atoms with E-state index >= 15 is 0 Å². The minimum atomic E-state index is -0.0775. The summed E-state index contributed by atoms with van der Waals surface area (Å²) in [5, 5.41) is 8.97. The summed E-state index contributed by atoms with van der Waals surface area (Å²) in [6.07, 6.45) is 6.20. The first-order valence-corrected chi connectivity index (χ1v) is 11.4. The Morgan fingerprint density at radius 1 is 0.967 bits per heavy atom. The van der Waals surface area contributed by atoms with Gasteiger partial charge in [-0.15, -0.1) is 11.3 Å². The van der Waals surface area contributed by atoms with Crippen LogP contribution in [0.4, 0.5) is 16.5 Å². The van der Waals surface area contributed by atoms with Crippen molar-refractivity contribution in [3.63, 3.8) is 0 Å². The van der Waals surface area contributed by atoms with Gasteiger partial charge in [0, 0.05) is 29.2 Å². The van der Waals surface area contributed by atoms with Gasteiger partial charge < -0.3 is 15.4 Å². The second-order valence-electron chi connectivity index (χ2n) is 7.21. The summed E-state index contributed by atoms with van der Waals surface area (Å²) in [4.78, 5) is 15.8. The molecule has 1 heterocycles. The highest BCUT2D eigenvalue weighted by Gasteiger charge is 2.06. The number of unbranched alkanes of at least 4 members (excludes halogenated alkanes) is 4. The summed E-state index contributed by atoms with van der Waals surface area (Å²) in [5.74, 6) is 0.821. The van der Waals surface area contributed by atoms with E-state index in [1.807, 2.05) is 53.9 Å². The van der Waals surface area contributed by atoms with E-state index in [2.05, 4.69) is 22.5 Å². The first-order valence-electron chi connectivity index (χ1n) is 10.5. The van der Waals surface area contributed by atoms with Gasteiger partial charge in [0.05, 0.1) is 12.3 Å². The lowest BCUT2D eigenvalue weighted by Crippen LogP contribution is -2.05. The van der Waals surface area contributed by atoms with Crippen molar-refractivity contribution in [3.05, 3.63) is 53.9 Å². The molecule has 0 aliphatic heterocycles. The van der Waals surface area contributed by atoms with Crippen molar-refractivity contribution in [3.8, 4) is 17.0 Å². The Kier molecular flexibility index (Phi) is 8.27. The standard InChI is InChI=1S/C24H29N3O2S/c1-3-4-5-6-7-16-29-22-14-12-21(13-15-22)26-24-27-23(17-30-24)19-8-10-20(11-9-19)25-18(2)28/h8-15,17H,3-7,16H2,1-2H3,(H,25,28)(H,26,27). The summed E-state index contributed by atoms with van der Waals surface area (Å²) in [6.45, 7) is 4.50. The number of amides is 1. The Bertz CT molecular complexity index is 920. The first kappa shape index (κ1) is 21.8. The summed E-state index contributed by atoms with van der Waals surface area (Å²) in [5.41, 5.74) is 3.67. The largest absolute Gasteiger partial charge is 0.494 e. The Morgan fingerprint density at radius 3 is 2.37 bits per heavy atom. The molecule has 0 aliphatic carbocycles. The molecule has 1 aromatic heterocycles. The van der Waals surface area contributed by atoms with Crippen LogP contribution in [0.5, 0.6) is 5.75 Å². The zero-order chi connectivity index (χ0) is 21.2. The van der Waals surface area contributed by atoms with Crippen molar-refractivity contribution >= 4 is 33.8 Å². The van der Waals surface area contributed by atoms with Crippen LogP contribution in [-0.4, -0.2) is 17.5 Å². The molecule has 0 unspecified atom stereocenters. The molecule has 0 saturated carbocycles. The van der Waals surface area contributed by atoms with Crippen LogP contribution in [0.3, 0.4) is 0 Å². The highest BCUT2D eigenvalue weighted by atomic mass is 32.1. The molecule has 6 heteroatoms. The third-order valence-electron chi connectivity index (χ3n) is 4.63. The molecule has 0 spiro atoms. The Hall–Kier alpha value is -2.86. The second-order valence-corrected chi connectivity index (χ2v) is 8.07. The molecular formula is C24H29N3O2S. The average molecular weight is 424 g/mol. The normalized spacial score (nSPS) is 10.6. The second kappa shape index (κ2) is 11.4. The van der Waals surface area contributed by atoms with Gasteiger partial charge in [-0.1, -0.05) is 44.7 Å². The highest BCUT2D eigenvalue weighted by molar-refractivity contribution is 7.14. The first-order chi connectivity index (χ1) is 14.6. The number of rotatable bonds is 11. The molecule has 3 rings (SSSR count). The maximum atomic E-state index is 11.1. The maximum absolute atomic E-state index is 11.1. The Morgan fingerprint density at radius 2 is 1.67 bits per heavy atom. The lowest BCUT2D eigenvalue weighted by molar-refractivity contribution is -0.114. The third-order valence-corrected chi connectivity index (χ3v) is 5.39. The Balaban J connectivity index is 1.50. The van der Waals surface area contributed by atoms with Crippen molar-refractivity contribution in [1.29, 1.82) is 0 Å². The average Bonchev–Trinajstić information content (AvgIpc) is 3.20. The van der Waals surface area contributed by atoms with E-state index in [0.717, 1.165) is 46.5 Å². The monoisotopic (exact) mass is 423 g/mol. The van der Waals surface area contributed by atoms with Crippen LogP contribution in [0.25, 0.3) is 11.3 Å². The number of thiazole rings is 1. The maximum Gasteiger partial charge on any atom is 0.221 e. The molecule has 0 saturated heterocycles. The van der Waals surface area contributed by atoms with Crippen molar-refractivity contribution in [1.82, 2.24) is 4.98 Å². The summed E-state index contributed by atoms with van der Waals surface area (Å²) < 4.78 is 5.82. The van der Waals surface area contributed by atoms with Crippen molar-refractivity contribution in [2.24, 2.45) is 0 Å². The molecular weight excluding hydrogens is 394 g/mol. The fraction of sp³-hybridized carbons (Fsp3) is 0.333. The van der Waals surface area contributed by atoms with Crippen LogP contribution >= 0.6 is 11.3 Å². The topological polar surface area (TPSA) is 63.2 Å². The van der Waals surface area contributed by atoms with E-state index < -0.39 is 0 Å². The van der Waals surface area contributed by atoms with Gasteiger partial charge in [-0.25, -0.2) is 4.98 Å². The summed E-state index contributed by atoms with van der Waals surface area (Å²) in [6, 6.07) is 15.7. The quantitative estimate of drug-likeness (QED) is 0.331. The van der Waals surface area contributed by atoms with Gasteiger partial charge in [0.1, 0.15) is 5.75 Å². The number of ether oxygens (including phenoxy) is 1. The zero-order valence-corrected chi connectivity index (χ0v) is 18.4. The number of aromatic nitrogens is 1. The molecule has 30 heavy (non-hydrogen) atoms. The van der Waals surface area contributed by atoms with E-state index in [1.165, 1.54) is 32.6 Å². The SMILES string of the molecule is CCCCCCCOc1ccc(Nc2nc(-c3ccc(NC(C)=O)cc3)cs2)cc1. The van der Waals surface area contributed by atoms with E-state index in [9.17, 15) is 4.79 Å². The van der Waals surface area contributed by atoms with Crippen LogP contribution in [0.2, 0.25) is 0 Å². The minimum absolute atomic E-state index is 0.0775. The number of nitrogens with one attached hydrogen (secondary N) is 2. The summed E-state index contributed by atoms with van der Waals surface area (Å²) in [7, 11) is 0. The van der Waals surface area contributed by atoms with Crippen LogP contribution in [0.15, 0.2) is 53.9 Å². The number of hydrogen-bond donors (Lipinski definition) is 2. The van der Waals surface area contributed by atoms with E-state index in [-0.39, 0.29) is 5.91 Å². The van der Waals surface area contributed by atoms with Gasteiger partial charge in [-0.05, 0) is 42.8 Å². The van der Waals surface area contributed by atoms with E-state index in [4.69, 9.17) is 4.74 Å². The molecule has 5 nitrogen and oxygen atoms in total. The number of hydrogen-bond acceptors (Lipinski definition) is 5. The fourth-order valence-corrected chi connectivity index (χ4v) is 3.78. The van der Waals surface area contributed by atoms with Crippen LogP contribution in [0.1, 0.15) is 46.0 Å². The molecule has 1 amide bonds. The van der Waals surface area contributed by atoms with Gasteiger partial charge in [0.25, 0.3) is 0 Å². The van der Waals surface area contributed by atoms with Crippen molar-refractivity contribution < 1.29 is 9.53 Å². The smallest absolute Gasteiger partial charge is 0.221 e. The molecule has 0 atom stereocenters. The number of nitrogens with zero attached hydrogens (tertiary/aromatic N) is 1. The molecule has 3 aromatic rings. The van der Waals surface area contributed by atoms with E-state index in [0.29, 0.717) is 0 Å². The lowest BCUT2D eigenvalue weighted by atomic mass is 10.1. The molecule has 0 fully saturated rings. The molecule has 158 valence electrons. The predicted octanol–water partition coefficient (Wildman–Crippen LogP) is 6.86.